The van der Waals surface area contributed by atoms with E-state index >= 15 is 0 Å². The molecule has 0 aliphatic carbocycles. The Hall–Kier alpha value is -2.27. The molecule has 4 nitrogen and oxygen atoms in total. The minimum absolute atomic E-state index is 0.321. The van der Waals surface area contributed by atoms with Gasteiger partial charge in [-0.1, -0.05) is 58.4 Å². The fraction of sp³-hybridized carbons (Fsp3) is 0.211. The van der Waals surface area contributed by atoms with Crippen LogP contribution in [0, 0.1) is 0 Å². The number of ether oxygens (including phenoxy) is 3. The van der Waals surface area contributed by atoms with Crippen LogP contribution in [0.3, 0.4) is 0 Å². The molecule has 0 aromatic heterocycles. The summed E-state index contributed by atoms with van der Waals surface area (Å²) in [6.07, 6.45) is 1.33. The van der Waals surface area contributed by atoms with Gasteiger partial charge in [0, 0.05) is 0 Å². The second kappa shape index (κ2) is 9.78. The van der Waals surface area contributed by atoms with Crippen molar-refractivity contribution in [1.29, 1.82) is 0 Å². The standard InChI is InChI=1S/C19H19BrO4/c1-2-22-19(21)12-16(13-20)24-18-11-7-6-10-17(18)23-14-15-8-4-3-5-9-15/h3-12H,2,13-14H2,1H3. The maximum absolute atomic E-state index is 11.6. The van der Waals surface area contributed by atoms with Crippen LogP contribution in [-0.4, -0.2) is 17.9 Å². The first-order valence-corrected chi connectivity index (χ1v) is 8.72. The molecule has 0 aliphatic rings. The smallest absolute Gasteiger partial charge is 0.334 e. The Bertz CT molecular complexity index is 683. The summed E-state index contributed by atoms with van der Waals surface area (Å²) in [6.45, 7) is 2.52. The molecule has 0 unspecified atom stereocenters. The first-order valence-electron chi connectivity index (χ1n) is 7.59. The lowest BCUT2D eigenvalue weighted by Crippen LogP contribution is -2.06. The van der Waals surface area contributed by atoms with Gasteiger partial charge >= 0.3 is 5.97 Å². The van der Waals surface area contributed by atoms with Crippen molar-refractivity contribution in [3.05, 3.63) is 72.0 Å². The number of alkyl halides is 1. The van der Waals surface area contributed by atoms with E-state index in [0.29, 0.717) is 35.8 Å². The van der Waals surface area contributed by atoms with Crippen LogP contribution < -0.4 is 9.47 Å². The minimum Gasteiger partial charge on any atom is -0.485 e. The summed E-state index contributed by atoms with van der Waals surface area (Å²) in [5.41, 5.74) is 1.06. The van der Waals surface area contributed by atoms with Crippen LogP contribution in [0.4, 0.5) is 0 Å². The maximum Gasteiger partial charge on any atom is 0.334 e. The molecule has 0 saturated carbocycles. The van der Waals surface area contributed by atoms with Crippen LogP contribution in [0.1, 0.15) is 12.5 Å². The number of rotatable bonds is 8. The van der Waals surface area contributed by atoms with Crippen LogP contribution >= 0.6 is 15.9 Å². The second-order valence-electron chi connectivity index (χ2n) is 4.82. The number of benzene rings is 2. The number of para-hydroxylation sites is 2. The van der Waals surface area contributed by atoms with Crippen molar-refractivity contribution in [2.45, 2.75) is 13.5 Å². The SMILES string of the molecule is CCOC(=O)C=C(CBr)Oc1ccccc1OCc1ccccc1. The van der Waals surface area contributed by atoms with Crippen molar-refractivity contribution in [1.82, 2.24) is 0 Å². The van der Waals surface area contributed by atoms with Crippen molar-refractivity contribution >= 4 is 21.9 Å². The molecular formula is C19H19BrO4. The molecule has 5 heteroatoms. The van der Waals surface area contributed by atoms with Gasteiger partial charge in [-0.25, -0.2) is 4.79 Å². The van der Waals surface area contributed by atoms with Gasteiger partial charge in [0.2, 0.25) is 0 Å². The quantitative estimate of drug-likeness (QED) is 0.288. The van der Waals surface area contributed by atoms with E-state index in [1.165, 1.54) is 6.08 Å². The lowest BCUT2D eigenvalue weighted by Gasteiger charge is -2.13. The van der Waals surface area contributed by atoms with Gasteiger partial charge in [0.15, 0.2) is 11.5 Å². The number of hydrogen-bond acceptors (Lipinski definition) is 4. The van der Waals surface area contributed by atoms with E-state index in [2.05, 4.69) is 15.9 Å². The molecule has 24 heavy (non-hydrogen) atoms. The van der Waals surface area contributed by atoms with E-state index < -0.39 is 5.97 Å². The van der Waals surface area contributed by atoms with E-state index in [1.54, 1.807) is 13.0 Å². The van der Waals surface area contributed by atoms with Gasteiger partial charge in [-0.05, 0) is 24.6 Å². The summed E-state index contributed by atoms with van der Waals surface area (Å²) in [4.78, 5) is 11.6. The molecule has 126 valence electrons. The Kier molecular flexibility index (Phi) is 7.36. The van der Waals surface area contributed by atoms with Crippen LogP contribution in [0.15, 0.2) is 66.4 Å². The fourth-order valence-corrected chi connectivity index (χ4v) is 2.22. The van der Waals surface area contributed by atoms with Gasteiger partial charge in [0.05, 0.1) is 18.0 Å². The average Bonchev–Trinajstić information content (AvgIpc) is 2.61. The lowest BCUT2D eigenvalue weighted by atomic mass is 10.2. The monoisotopic (exact) mass is 390 g/mol. The predicted molar refractivity (Wildman–Crippen MR) is 96.4 cm³/mol. The Morgan fingerprint density at radius 1 is 1.04 bits per heavy atom. The predicted octanol–water partition coefficient (Wildman–Crippen LogP) is 4.49. The largest absolute Gasteiger partial charge is 0.485 e. The van der Waals surface area contributed by atoms with Gasteiger partial charge in [-0.3, -0.25) is 0 Å². The summed E-state index contributed by atoms with van der Waals surface area (Å²) in [5, 5.41) is 0.388. The zero-order chi connectivity index (χ0) is 17.2. The molecule has 0 amide bonds. The van der Waals surface area contributed by atoms with Crippen molar-refractivity contribution in [3.63, 3.8) is 0 Å². The molecule has 0 heterocycles. The van der Waals surface area contributed by atoms with Crippen molar-refractivity contribution in [2.75, 3.05) is 11.9 Å². The Morgan fingerprint density at radius 2 is 1.71 bits per heavy atom. The van der Waals surface area contributed by atoms with E-state index in [0.717, 1.165) is 5.56 Å². The maximum atomic E-state index is 11.6. The Labute approximate surface area is 150 Å². The van der Waals surface area contributed by atoms with E-state index in [4.69, 9.17) is 14.2 Å². The van der Waals surface area contributed by atoms with Gasteiger partial charge in [-0.15, -0.1) is 0 Å². The number of carbonyl (C=O) groups excluding carboxylic acids is 1. The van der Waals surface area contributed by atoms with Crippen LogP contribution in [0.2, 0.25) is 0 Å². The molecule has 0 fully saturated rings. The normalized spacial score (nSPS) is 11.0. The third-order valence-corrected chi connectivity index (χ3v) is 3.58. The van der Waals surface area contributed by atoms with E-state index in [1.807, 2.05) is 48.5 Å². The molecule has 0 spiro atoms. The number of carbonyl (C=O) groups is 1. The van der Waals surface area contributed by atoms with Gasteiger partial charge in [0.25, 0.3) is 0 Å². The van der Waals surface area contributed by atoms with Crippen LogP contribution in [0.5, 0.6) is 11.5 Å². The molecule has 0 bridgehead atoms. The van der Waals surface area contributed by atoms with Gasteiger partial charge in [0.1, 0.15) is 12.4 Å². The minimum atomic E-state index is -0.436. The lowest BCUT2D eigenvalue weighted by molar-refractivity contribution is -0.137. The molecule has 0 atom stereocenters. The summed E-state index contributed by atoms with van der Waals surface area (Å²) in [5.74, 6) is 1.17. The van der Waals surface area contributed by atoms with Crippen molar-refractivity contribution < 1.29 is 19.0 Å². The highest BCUT2D eigenvalue weighted by Gasteiger charge is 2.09. The zero-order valence-corrected chi connectivity index (χ0v) is 15.0. The third kappa shape index (κ3) is 5.74. The molecule has 0 radical (unpaired) electrons. The summed E-state index contributed by atoms with van der Waals surface area (Å²) < 4.78 is 16.5. The first kappa shape index (κ1) is 18.1. The van der Waals surface area contributed by atoms with Gasteiger partial charge < -0.3 is 14.2 Å². The molecule has 0 aliphatic heterocycles. The molecular weight excluding hydrogens is 372 g/mol. The zero-order valence-electron chi connectivity index (χ0n) is 13.4. The molecule has 2 rings (SSSR count). The number of hydrogen-bond donors (Lipinski definition) is 0. The fourth-order valence-electron chi connectivity index (χ4n) is 1.94. The highest BCUT2D eigenvalue weighted by atomic mass is 79.9. The molecule has 0 saturated heterocycles. The van der Waals surface area contributed by atoms with Crippen molar-refractivity contribution in [3.8, 4) is 11.5 Å². The molecule has 2 aromatic rings. The Balaban J connectivity index is 2.08. The Morgan fingerprint density at radius 3 is 2.38 bits per heavy atom. The highest BCUT2D eigenvalue weighted by molar-refractivity contribution is 9.09. The second-order valence-corrected chi connectivity index (χ2v) is 5.38. The van der Waals surface area contributed by atoms with Crippen molar-refractivity contribution in [2.24, 2.45) is 0 Å². The molecule has 0 N–H and O–H groups in total. The number of esters is 1. The average molecular weight is 391 g/mol. The summed E-state index contributed by atoms with van der Waals surface area (Å²) >= 11 is 3.31. The first-order chi connectivity index (χ1) is 11.7. The number of allylic oxidation sites excluding steroid dienone is 1. The van der Waals surface area contributed by atoms with Crippen LogP contribution in [0.25, 0.3) is 0 Å². The third-order valence-electron chi connectivity index (χ3n) is 3.02. The van der Waals surface area contributed by atoms with E-state index in [-0.39, 0.29) is 0 Å². The highest BCUT2D eigenvalue weighted by Crippen LogP contribution is 2.29. The topological polar surface area (TPSA) is 44.8 Å². The van der Waals surface area contributed by atoms with Gasteiger partial charge in [-0.2, -0.15) is 0 Å². The molecule has 2 aromatic carbocycles. The van der Waals surface area contributed by atoms with Crippen LogP contribution in [-0.2, 0) is 16.1 Å². The number of halogens is 1. The summed E-state index contributed by atoms with van der Waals surface area (Å²) in [7, 11) is 0. The summed E-state index contributed by atoms with van der Waals surface area (Å²) in [6, 6.07) is 17.2. The van der Waals surface area contributed by atoms with E-state index in [9.17, 15) is 4.79 Å².